The Balaban J connectivity index is 2.73. The monoisotopic (exact) mass is 278 g/mol. The number of carboxylic acids is 2. The molecule has 1 aromatic rings. The first-order chi connectivity index (χ1) is 9.38. The predicted molar refractivity (Wildman–Crippen MR) is 72.0 cm³/mol. The van der Waals surface area contributed by atoms with Gasteiger partial charge in [-0.05, 0) is 23.8 Å². The minimum Gasteiger partial charge on any atom is -0.481 e. The van der Waals surface area contributed by atoms with Crippen LogP contribution in [0.4, 0.5) is 5.69 Å². The van der Waals surface area contributed by atoms with Crippen molar-refractivity contribution in [3.8, 4) is 0 Å². The maximum atomic E-state index is 11.6. The molecule has 1 amide bonds. The van der Waals surface area contributed by atoms with Crippen molar-refractivity contribution in [1.82, 2.24) is 0 Å². The lowest BCUT2D eigenvalue weighted by molar-refractivity contribution is -0.138. The second kappa shape index (κ2) is 7.05. The molecule has 0 fully saturated rings. The fraction of sp³-hybridized carbons (Fsp3) is 0.154. The maximum Gasteiger partial charge on any atom is 0.328 e. The van der Waals surface area contributed by atoms with Crippen LogP contribution in [0, 0.1) is 0 Å². The second-order valence-electron chi connectivity index (χ2n) is 3.99. The van der Waals surface area contributed by atoms with Crippen molar-refractivity contribution in [2.45, 2.75) is 12.5 Å². The summed E-state index contributed by atoms with van der Waals surface area (Å²) in [5.41, 5.74) is 6.40. The van der Waals surface area contributed by atoms with E-state index in [0.717, 1.165) is 6.08 Å². The summed E-state index contributed by atoms with van der Waals surface area (Å²) in [7, 11) is 0. The molecule has 0 bridgehead atoms. The van der Waals surface area contributed by atoms with Crippen molar-refractivity contribution in [2.75, 3.05) is 5.32 Å². The summed E-state index contributed by atoms with van der Waals surface area (Å²) in [6.45, 7) is 0. The van der Waals surface area contributed by atoms with Crippen LogP contribution in [0.25, 0.3) is 6.08 Å². The number of hydrogen-bond donors (Lipinski definition) is 4. The molecule has 5 N–H and O–H groups in total. The molecule has 0 aromatic heterocycles. The van der Waals surface area contributed by atoms with E-state index in [1.54, 1.807) is 24.3 Å². The van der Waals surface area contributed by atoms with Crippen molar-refractivity contribution in [2.24, 2.45) is 5.73 Å². The second-order valence-corrected chi connectivity index (χ2v) is 3.99. The van der Waals surface area contributed by atoms with Crippen LogP contribution in [0.2, 0.25) is 0 Å². The van der Waals surface area contributed by atoms with Crippen LogP contribution in [-0.2, 0) is 14.4 Å². The summed E-state index contributed by atoms with van der Waals surface area (Å²) >= 11 is 0. The molecule has 0 saturated heterocycles. The number of hydrogen-bond acceptors (Lipinski definition) is 4. The van der Waals surface area contributed by atoms with Gasteiger partial charge in [0.1, 0.15) is 0 Å². The molecular formula is C13H14N2O5. The summed E-state index contributed by atoms with van der Waals surface area (Å²) in [6.07, 6.45) is 1.87. The Bertz CT molecular complexity index is 553. The number of carbonyl (C=O) groups is 3. The van der Waals surface area contributed by atoms with Crippen molar-refractivity contribution >= 4 is 29.6 Å². The van der Waals surface area contributed by atoms with Gasteiger partial charge in [0, 0.05) is 11.8 Å². The molecule has 0 aliphatic heterocycles. The molecule has 106 valence electrons. The van der Waals surface area contributed by atoms with Crippen LogP contribution in [0.15, 0.2) is 30.3 Å². The molecule has 20 heavy (non-hydrogen) atoms. The molecule has 0 radical (unpaired) electrons. The maximum absolute atomic E-state index is 11.6. The van der Waals surface area contributed by atoms with E-state index in [4.69, 9.17) is 15.9 Å². The van der Waals surface area contributed by atoms with Gasteiger partial charge in [0.15, 0.2) is 0 Å². The fourth-order valence-corrected chi connectivity index (χ4v) is 1.40. The number of nitrogens with one attached hydrogen (secondary N) is 1. The van der Waals surface area contributed by atoms with Crippen LogP contribution in [0.5, 0.6) is 0 Å². The Morgan fingerprint density at radius 1 is 1.30 bits per heavy atom. The molecule has 0 heterocycles. The minimum atomic E-state index is -1.16. The Morgan fingerprint density at radius 3 is 2.60 bits per heavy atom. The van der Waals surface area contributed by atoms with Gasteiger partial charge in [-0.3, -0.25) is 9.59 Å². The molecular weight excluding hydrogens is 264 g/mol. The summed E-state index contributed by atoms with van der Waals surface area (Å²) in [5, 5.41) is 19.5. The van der Waals surface area contributed by atoms with Crippen LogP contribution in [0.1, 0.15) is 12.0 Å². The first-order valence-corrected chi connectivity index (χ1v) is 5.68. The number of rotatable bonds is 6. The summed E-state index contributed by atoms with van der Waals surface area (Å²) in [4.78, 5) is 32.5. The number of nitrogens with two attached hydrogens (primary N) is 1. The van der Waals surface area contributed by atoms with E-state index in [-0.39, 0.29) is 0 Å². The molecule has 1 aromatic carbocycles. The Labute approximate surface area is 114 Å². The number of anilines is 1. The lowest BCUT2D eigenvalue weighted by Crippen LogP contribution is -2.37. The topological polar surface area (TPSA) is 130 Å². The molecule has 0 saturated carbocycles. The average molecular weight is 278 g/mol. The van der Waals surface area contributed by atoms with E-state index in [1.165, 1.54) is 6.08 Å². The normalized spacial score (nSPS) is 12.1. The third-order valence-electron chi connectivity index (χ3n) is 2.30. The van der Waals surface area contributed by atoms with Crippen molar-refractivity contribution in [3.05, 3.63) is 35.9 Å². The van der Waals surface area contributed by atoms with E-state index in [9.17, 15) is 14.4 Å². The summed E-state index contributed by atoms with van der Waals surface area (Å²) in [6, 6.07) is 5.27. The Kier molecular flexibility index (Phi) is 5.42. The van der Waals surface area contributed by atoms with Crippen LogP contribution in [0.3, 0.4) is 0 Å². The highest BCUT2D eigenvalue weighted by atomic mass is 16.4. The van der Waals surface area contributed by atoms with E-state index < -0.39 is 30.3 Å². The molecule has 7 nitrogen and oxygen atoms in total. The smallest absolute Gasteiger partial charge is 0.328 e. The molecule has 0 aliphatic rings. The van der Waals surface area contributed by atoms with Crippen LogP contribution >= 0.6 is 0 Å². The Hall–Kier alpha value is -2.67. The highest BCUT2D eigenvalue weighted by Gasteiger charge is 2.16. The highest BCUT2D eigenvalue weighted by molar-refractivity contribution is 5.97. The van der Waals surface area contributed by atoms with Gasteiger partial charge < -0.3 is 21.3 Å². The quantitative estimate of drug-likeness (QED) is 0.561. The number of amides is 1. The van der Waals surface area contributed by atoms with E-state index >= 15 is 0 Å². The lowest BCUT2D eigenvalue weighted by atomic mass is 10.1. The van der Waals surface area contributed by atoms with Gasteiger partial charge in [0.2, 0.25) is 5.91 Å². The van der Waals surface area contributed by atoms with E-state index in [1.807, 2.05) is 0 Å². The molecule has 0 aliphatic carbocycles. The third kappa shape index (κ3) is 5.32. The zero-order valence-corrected chi connectivity index (χ0v) is 10.4. The molecule has 1 atom stereocenters. The molecule has 1 rings (SSSR count). The first kappa shape index (κ1) is 15.4. The summed E-state index contributed by atoms with van der Waals surface area (Å²) < 4.78 is 0. The standard InChI is InChI=1S/C13H14N2O5/c14-10(7-12(18)19)13(20)15-9-3-1-2-8(6-9)4-5-11(16)17/h1-6,10H,7,14H2,(H,15,20)(H,16,17)(H,18,19)/b5-4+. The Morgan fingerprint density at radius 2 is 2.00 bits per heavy atom. The molecule has 0 spiro atoms. The predicted octanol–water partition coefficient (Wildman–Crippen LogP) is 0.525. The fourth-order valence-electron chi connectivity index (χ4n) is 1.40. The molecule has 1 unspecified atom stereocenters. The lowest BCUT2D eigenvalue weighted by Gasteiger charge is -2.10. The first-order valence-electron chi connectivity index (χ1n) is 5.68. The van der Waals surface area contributed by atoms with Gasteiger partial charge in [-0.2, -0.15) is 0 Å². The number of aliphatic carboxylic acids is 2. The zero-order valence-electron chi connectivity index (χ0n) is 10.4. The van der Waals surface area contributed by atoms with Gasteiger partial charge in [-0.25, -0.2) is 4.79 Å². The largest absolute Gasteiger partial charge is 0.481 e. The van der Waals surface area contributed by atoms with Gasteiger partial charge >= 0.3 is 11.9 Å². The van der Waals surface area contributed by atoms with Gasteiger partial charge in [0.05, 0.1) is 12.5 Å². The van der Waals surface area contributed by atoms with Gasteiger partial charge in [-0.1, -0.05) is 12.1 Å². The third-order valence-corrected chi connectivity index (χ3v) is 2.30. The van der Waals surface area contributed by atoms with E-state index in [0.29, 0.717) is 11.3 Å². The van der Waals surface area contributed by atoms with Crippen LogP contribution in [-0.4, -0.2) is 34.1 Å². The molecule has 7 heteroatoms. The van der Waals surface area contributed by atoms with Gasteiger partial charge in [0.25, 0.3) is 0 Å². The van der Waals surface area contributed by atoms with E-state index in [2.05, 4.69) is 5.32 Å². The number of benzene rings is 1. The van der Waals surface area contributed by atoms with Crippen molar-refractivity contribution < 1.29 is 24.6 Å². The highest BCUT2D eigenvalue weighted by Crippen LogP contribution is 2.12. The van der Waals surface area contributed by atoms with Crippen molar-refractivity contribution in [1.29, 1.82) is 0 Å². The SMILES string of the molecule is NC(CC(=O)O)C(=O)Nc1cccc(/C=C/C(=O)O)c1. The zero-order chi connectivity index (χ0) is 15.1. The number of carbonyl (C=O) groups excluding carboxylic acids is 1. The van der Waals surface area contributed by atoms with Crippen LogP contribution < -0.4 is 11.1 Å². The average Bonchev–Trinajstić information content (AvgIpc) is 2.36. The summed E-state index contributed by atoms with van der Waals surface area (Å²) in [5.74, 6) is -2.86. The van der Waals surface area contributed by atoms with Gasteiger partial charge in [-0.15, -0.1) is 0 Å². The minimum absolute atomic E-state index is 0.406. The number of carboxylic acid groups (broad SMARTS) is 2. The van der Waals surface area contributed by atoms with Crippen molar-refractivity contribution in [3.63, 3.8) is 0 Å².